The Morgan fingerprint density at radius 2 is 1.86 bits per heavy atom. The van der Waals surface area contributed by atoms with Crippen LogP contribution in [-0.2, 0) is 9.59 Å². The molecule has 5 nitrogen and oxygen atoms in total. The van der Waals surface area contributed by atoms with Crippen molar-refractivity contribution in [3.05, 3.63) is 0 Å². The van der Waals surface area contributed by atoms with Gasteiger partial charge in [-0.05, 0) is 18.8 Å². The number of carbonyl (C=O) groups excluding carboxylic acids is 2. The fourth-order valence-electron chi connectivity index (χ4n) is 2.91. The zero-order valence-electron chi connectivity index (χ0n) is 14.7. The van der Waals surface area contributed by atoms with E-state index in [4.69, 9.17) is 0 Å². The van der Waals surface area contributed by atoms with Crippen molar-refractivity contribution in [1.82, 2.24) is 10.9 Å². The van der Waals surface area contributed by atoms with Crippen LogP contribution in [0.2, 0.25) is 0 Å². The maximum atomic E-state index is 11.3. The lowest BCUT2D eigenvalue weighted by Crippen LogP contribution is -2.57. The predicted molar refractivity (Wildman–Crippen MR) is 89.2 cm³/mol. The van der Waals surface area contributed by atoms with Gasteiger partial charge in [-0.15, -0.1) is 0 Å². The molecule has 0 aliphatic heterocycles. The summed E-state index contributed by atoms with van der Waals surface area (Å²) in [5.74, 6) is 0.126. The molecule has 3 unspecified atom stereocenters. The second-order valence-electron chi connectivity index (χ2n) is 6.25. The summed E-state index contributed by atoms with van der Waals surface area (Å²) in [4.78, 5) is 22.4. The van der Waals surface area contributed by atoms with Gasteiger partial charge in [0, 0.05) is 6.92 Å². The molecule has 3 N–H and O–H groups in total. The summed E-state index contributed by atoms with van der Waals surface area (Å²) < 4.78 is 0. The molecule has 0 aromatic heterocycles. The Morgan fingerprint density at radius 1 is 1.18 bits per heavy atom. The number of hydrazine groups is 1. The fourth-order valence-corrected chi connectivity index (χ4v) is 2.91. The summed E-state index contributed by atoms with van der Waals surface area (Å²) in [5, 5.41) is 10.9. The molecule has 0 aliphatic carbocycles. The van der Waals surface area contributed by atoms with E-state index < -0.39 is 11.6 Å². The van der Waals surface area contributed by atoms with E-state index in [-0.39, 0.29) is 5.91 Å². The molecule has 0 aromatic rings. The lowest BCUT2D eigenvalue weighted by molar-refractivity contribution is -0.123. The minimum Gasteiger partial charge on any atom is -0.388 e. The molecule has 0 aliphatic rings. The number of amides is 1. The highest BCUT2D eigenvalue weighted by atomic mass is 16.3. The van der Waals surface area contributed by atoms with Crippen LogP contribution in [0.4, 0.5) is 0 Å². The highest BCUT2D eigenvalue weighted by molar-refractivity contribution is 5.73. The van der Waals surface area contributed by atoms with Crippen molar-refractivity contribution in [2.24, 2.45) is 5.92 Å². The van der Waals surface area contributed by atoms with Crippen LogP contribution in [0.3, 0.4) is 0 Å². The molecular formula is C17H34N2O3. The Kier molecular flexibility index (Phi) is 11.1. The quantitative estimate of drug-likeness (QED) is 0.277. The Labute approximate surface area is 135 Å². The van der Waals surface area contributed by atoms with E-state index in [9.17, 15) is 14.7 Å². The van der Waals surface area contributed by atoms with E-state index in [1.165, 1.54) is 19.8 Å². The Balaban J connectivity index is 4.80. The average molecular weight is 314 g/mol. The first-order valence-electron chi connectivity index (χ1n) is 8.63. The maximum Gasteiger partial charge on any atom is 0.230 e. The first-order chi connectivity index (χ1) is 10.4. The molecule has 0 aromatic carbocycles. The number of hydrogen-bond acceptors (Lipinski definition) is 4. The molecule has 0 spiro atoms. The van der Waals surface area contributed by atoms with Crippen molar-refractivity contribution in [2.75, 3.05) is 0 Å². The molecule has 3 atom stereocenters. The van der Waals surface area contributed by atoms with E-state index in [1.54, 1.807) is 0 Å². The summed E-state index contributed by atoms with van der Waals surface area (Å²) in [5.41, 5.74) is 3.94. The first kappa shape index (κ1) is 21.1. The second-order valence-corrected chi connectivity index (χ2v) is 6.25. The highest BCUT2D eigenvalue weighted by Gasteiger charge is 2.37. The fraction of sp³-hybridized carbons (Fsp3) is 0.882. The molecule has 0 rings (SSSR count). The molecule has 1 amide bonds. The van der Waals surface area contributed by atoms with Crippen LogP contribution in [-0.4, -0.2) is 28.9 Å². The third kappa shape index (κ3) is 7.90. The van der Waals surface area contributed by atoms with Crippen molar-refractivity contribution >= 4 is 12.2 Å². The van der Waals surface area contributed by atoms with Gasteiger partial charge in [-0.1, -0.05) is 59.3 Å². The first-order valence-corrected chi connectivity index (χ1v) is 8.63. The van der Waals surface area contributed by atoms with Crippen LogP contribution in [0.1, 0.15) is 79.1 Å². The molecule has 130 valence electrons. The normalized spacial score (nSPS) is 16.6. The molecule has 5 heteroatoms. The molecule has 0 saturated heterocycles. The minimum atomic E-state index is -1.13. The number of nitrogens with one attached hydrogen (secondary N) is 2. The average Bonchev–Trinajstić information content (AvgIpc) is 2.47. The number of hydrogen-bond donors (Lipinski definition) is 3. The van der Waals surface area contributed by atoms with Gasteiger partial charge >= 0.3 is 0 Å². The smallest absolute Gasteiger partial charge is 0.230 e. The van der Waals surface area contributed by atoms with Gasteiger partial charge < -0.3 is 9.90 Å². The molecule has 0 radical (unpaired) electrons. The Bertz CT molecular complexity index is 323. The van der Waals surface area contributed by atoms with Crippen LogP contribution in [0, 0.1) is 5.92 Å². The zero-order valence-corrected chi connectivity index (χ0v) is 14.7. The topological polar surface area (TPSA) is 78.4 Å². The number of aliphatic hydroxyl groups is 1. The number of unbranched alkanes of at least 4 members (excludes halogenated alkanes) is 2. The van der Waals surface area contributed by atoms with Crippen molar-refractivity contribution in [3.8, 4) is 0 Å². The van der Waals surface area contributed by atoms with Gasteiger partial charge in [0.1, 0.15) is 12.3 Å². The van der Waals surface area contributed by atoms with Crippen LogP contribution in [0.5, 0.6) is 0 Å². The van der Waals surface area contributed by atoms with Gasteiger partial charge in [-0.25, -0.2) is 5.43 Å². The molecule has 22 heavy (non-hydrogen) atoms. The Morgan fingerprint density at radius 3 is 2.32 bits per heavy atom. The van der Waals surface area contributed by atoms with Gasteiger partial charge in [0.2, 0.25) is 5.91 Å². The van der Waals surface area contributed by atoms with Gasteiger partial charge in [0.15, 0.2) is 0 Å². The van der Waals surface area contributed by atoms with Crippen molar-refractivity contribution in [3.63, 3.8) is 0 Å². The van der Waals surface area contributed by atoms with Crippen molar-refractivity contribution < 1.29 is 14.7 Å². The predicted octanol–water partition coefficient (Wildman–Crippen LogP) is 2.72. The number of aldehydes is 1. The second kappa shape index (κ2) is 11.6. The third-order valence-corrected chi connectivity index (χ3v) is 4.29. The monoisotopic (exact) mass is 314 g/mol. The summed E-state index contributed by atoms with van der Waals surface area (Å²) in [6, 6.07) is -0.785. The van der Waals surface area contributed by atoms with Gasteiger partial charge in [0.05, 0.1) is 5.60 Å². The summed E-state index contributed by atoms with van der Waals surface area (Å²) in [6.07, 6.45) is 8.48. The number of carbonyl (C=O) groups is 2. The van der Waals surface area contributed by atoms with E-state index in [2.05, 4.69) is 24.7 Å². The van der Waals surface area contributed by atoms with Gasteiger partial charge in [-0.3, -0.25) is 10.2 Å². The van der Waals surface area contributed by atoms with E-state index in [0.717, 1.165) is 25.7 Å². The van der Waals surface area contributed by atoms with Crippen LogP contribution < -0.4 is 10.9 Å². The van der Waals surface area contributed by atoms with Crippen LogP contribution >= 0.6 is 0 Å². The lowest BCUT2D eigenvalue weighted by atomic mass is 9.79. The SMILES string of the molecule is CCCCCC(CCC)CC(O)(CC)C(C=O)NNC(C)=O. The number of rotatable bonds is 13. The van der Waals surface area contributed by atoms with Crippen molar-refractivity contribution in [2.45, 2.75) is 90.7 Å². The summed E-state index contributed by atoms with van der Waals surface area (Å²) >= 11 is 0. The minimum absolute atomic E-state index is 0.279. The maximum absolute atomic E-state index is 11.3. The largest absolute Gasteiger partial charge is 0.388 e. The van der Waals surface area contributed by atoms with Crippen LogP contribution in [0.15, 0.2) is 0 Å². The van der Waals surface area contributed by atoms with Gasteiger partial charge in [0.25, 0.3) is 0 Å². The lowest BCUT2D eigenvalue weighted by Gasteiger charge is -2.36. The molecule has 0 bridgehead atoms. The molecular weight excluding hydrogens is 280 g/mol. The van der Waals surface area contributed by atoms with E-state index >= 15 is 0 Å². The standard InChI is InChI=1S/C17H34N2O3/c1-5-8-9-11-15(10-6-2)12-17(22,7-3)16(13-20)19-18-14(4)21/h13,15-16,19,22H,5-12H2,1-4H3,(H,18,21). The van der Waals surface area contributed by atoms with Crippen molar-refractivity contribution in [1.29, 1.82) is 0 Å². The third-order valence-electron chi connectivity index (χ3n) is 4.29. The van der Waals surface area contributed by atoms with E-state index in [0.29, 0.717) is 25.0 Å². The molecule has 0 saturated carbocycles. The van der Waals surface area contributed by atoms with Crippen LogP contribution in [0.25, 0.3) is 0 Å². The van der Waals surface area contributed by atoms with E-state index in [1.807, 2.05) is 6.92 Å². The molecule has 0 heterocycles. The Hall–Kier alpha value is -0.940. The summed E-state index contributed by atoms with van der Waals surface area (Å²) in [7, 11) is 0. The molecule has 0 fully saturated rings. The van der Waals surface area contributed by atoms with Gasteiger partial charge in [-0.2, -0.15) is 0 Å². The summed E-state index contributed by atoms with van der Waals surface area (Å²) in [6.45, 7) is 7.56. The zero-order chi connectivity index (χ0) is 17.0. The highest BCUT2D eigenvalue weighted by Crippen LogP contribution is 2.30.